The van der Waals surface area contributed by atoms with E-state index in [1.807, 2.05) is 67.3 Å². The van der Waals surface area contributed by atoms with E-state index >= 15 is 0 Å². The minimum atomic E-state index is -2.74. The number of hydrogen-bond acceptors (Lipinski definition) is 4. The summed E-state index contributed by atoms with van der Waals surface area (Å²) in [6.45, 7) is 0. The molecule has 26 heavy (non-hydrogen) atoms. The zero-order chi connectivity index (χ0) is 17.8. The van der Waals surface area contributed by atoms with Crippen molar-refractivity contribution in [2.75, 3.05) is 0 Å². The highest BCUT2D eigenvalue weighted by Gasteiger charge is 2.46. The van der Waals surface area contributed by atoms with Crippen molar-refractivity contribution in [3.05, 3.63) is 91.5 Å². The van der Waals surface area contributed by atoms with E-state index in [1.54, 1.807) is 0 Å². The summed E-state index contributed by atoms with van der Waals surface area (Å²) in [5.41, 5.74) is 0. The highest BCUT2D eigenvalue weighted by atomic mass is 28.3. The zero-order valence-electron chi connectivity index (χ0n) is 13.9. The normalized spacial score (nSPS) is 11.3. The van der Waals surface area contributed by atoms with Crippen molar-refractivity contribution in [2.45, 2.75) is 0 Å². The molecule has 0 saturated heterocycles. The van der Waals surface area contributed by atoms with E-state index in [9.17, 15) is 0 Å². The van der Waals surface area contributed by atoms with Gasteiger partial charge < -0.3 is 0 Å². The summed E-state index contributed by atoms with van der Waals surface area (Å²) in [5.74, 6) is 0. The third kappa shape index (κ3) is 2.79. The lowest BCUT2D eigenvalue weighted by Gasteiger charge is -2.30. The molecule has 0 aliphatic heterocycles. The van der Waals surface area contributed by atoms with Crippen LogP contribution in [0.2, 0.25) is 0 Å². The summed E-state index contributed by atoms with van der Waals surface area (Å²) >= 11 is 0. The molecule has 0 bridgehead atoms. The monoisotopic (exact) mass is 367 g/mol. The van der Waals surface area contributed by atoms with Crippen LogP contribution < -0.4 is 26.5 Å². The third-order valence-corrected chi connectivity index (χ3v) is 8.99. The van der Waals surface area contributed by atoms with Gasteiger partial charge in [0.25, 0.3) is 0 Å². The first-order valence-electron chi connectivity index (χ1n) is 8.24. The average Bonchev–Trinajstić information content (AvgIpc) is 2.72. The van der Waals surface area contributed by atoms with Crippen molar-refractivity contribution >= 4 is 44.8 Å². The molecule has 0 aliphatic carbocycles. The fraction of sp³-hybridized carbons (Fsp3) is 0. The zero-order valence-corrected chi connectivity index (χ0v) is 15.9. The molecule has 4 aromatic rings. The van der Waals surface area contributed by atoms with E-state index in [-0.39, 0.29) is 0 Å². The van der Waals surface area contributed by atoms with Crippen molar-refractivity contribution in [3.8, 4) is 0 Å². The van der Waals surface area contributed by atoms with Crippen LogP contribution in [0.15, 0.2) is 91.5 Å². The summed E-state index contributed by atoms with van der Waals surface area (Å²) in [4.78, 5) is 18.7. The Kier molecular flexibility index (Phi) is 4.51. The maximum Gasteiger partial charge on any atom is 0.245 e. The van der Waals surface area contributed by atoms with Gasteiger partial charge in [-0.1, -0.05) is 24.3 Å². The van der Waals surface area contributed by atoms with Crippen molar-refractivity contribution in [2.24, 2.45) is 0 Å². The minimum absolute atomic E-state index is 0.791. The lowest BCUT2D eigenvalue weighted by Crippen LogP contribution is -2.77. The number of hydrogen-bond donors (Lipinski definition) is 0. The van der Waals surface area contributed by atoms with Crippen molar-refractivity contribution in [1.82, 2.24) is 19.9 Å². The Hall–Kier alpha value is -2.97. The fourth-order valence-corrected chi connectivity index (χ4v) is 7.46. The second kappa shape index (κ2) is 7.11. The summed E-state index contributed by atoms with van der Waals surface area (Å²) in [7, 11) is 0.752. The first-order valence-corrected chi connectivity index (χ1v) is 10.7. The Balaban J connectivity index is 2.12. The van der Waals surface area contributed by atoms with Gasteiger partial charge in [0.15, 0.2) is 0 Å². The molecule has 0 N–H and O–H groups in total. The summed E-state index contributed by atoms with van der Waals surface area (Å²) < 4.78 is 0. The molecule has 123 valence electrons. The van der Waals surface area contributed by atoms with Gasteiger partial charge in [-0.05, 0) is 47.7 Å². The van der Waals surface area contributed by atoms with Gasteiger partial charge in [-0.15, -0.1) is 0 Å². The lowest BCUT2D eigenvalue weighted by atomic mass is 10.5. The molecule has 6 heteroatoms. The smallest absolute Gasteiger partial charge is 0.245 e. The molecule has 0 amide bonds. The van der Waals surface area contributed by atoms with E-state index in [4.69, 9.17) is 15.0 Å². The highest BCUT2D eigenvalue weighted by Crippen LogP contribution is 2.04. The lowest BCUT2D eigenvalue weighted by molar-refractivity contribution is 1.31. The first-order chi connectivity index (χ1) is 12.8. The molecule has 0 unspecified atom stereocenters. The predicted octanol–water partition coefficient (Wildman–Crippen LogP) is -0.562. The highest BCUT2D eigenvalue weighted by molar-refractivity contribution is 7.18. The van der Waals surface area contributed by atoms with E-state index in [0.717, 1.165) is 26.5 Å². The van der Waals surface area contributed by atoms with Gasteiger partial charge in [-0.25, -0.2) is 0 Å². The Morgan fingerprint density at radius 3 is 1.42 bits per heavy atom. The maximum atomic E-state index is 4.74. The van der Waals surface area contributed by atoms with Gasteiger partial charge in [0.05, 0.1) is 10.2 Å². The largest absolute Gasteiger partial charge is 0.267 e. The molecular weight excluding hydrogens is 352 g/mol. The number of pyridine rings is 4. The van der Waals surface area contributed by atoms with Crippen molar-refractivity contribution < 1.29 is 0 Å². The number of rotatable bonds is 4. The van der Waals surface area contributed by atoms with Crippen LogP contribution in [-0.2, 0) is 0 Å². The number of nitrogens with zero attached hydrogens (tertiary/aromatic N) is 4. The average molecular weight is 368 g/mol. The van der Waals surface area contributed by atoms with E-state index < -0.39 is 8.07 Å². The van der Waals surface area contributed by atoms with Gasteiger partial charge >= 0.3 is 0 Å². The van der Waals surface area contributed by atoms with Crippen LogP contribution >= 0.6 is 0 Å². The Labute approximate surface area is 156 Å². The predicted molar refractivity (Wildman–Crippen MR) is 107 cm³/mol. The summed E-state index contributed by atoms with van der Waals surface area (Å²) in [5, 5.41) is 4.85. The van der Waals surface area contributed by atoms with Gasteiger partial charge in [-0.3, -0.25) is 19.9 Å². The van der Waals surface area contributed by atoms with Crippen LogP contribution in [-0.4, -0.2) is 38.3 Å². The third-order valence-electron chi connectivity index (χ3n) is 4.34. The van der Waals surface area contributed by atoms with E-state index in [2.05, 4.69) is 39.5 Å². The maximum absolute atomic E-state index is 4.74. The molecule has 0 spiro atoms. The number of aromatic nitrogens is 4. The van der Waals surface area contributed by atoms with Crippen LogP contribution in [0.1, 0.15) is 0 Å². The summed E-state index contributed by atoms with van der Waals surface area (Å²) in [6, 6.07) is 22.1. The van der Waals surface area contributed by atoms with E-state index in [1.165, 1.54) is 0 Å². The first kappa shape index (κ1) is 16.5. The molecule has 4 rings (SSSR count). The van der Waals surface area contributed by atoms with Crippen LogP contribution in [0.3, 0.4) is 0 Å². The van der Waals surface area contributed by atoms with Crippen LogP contribution in [0.4, 0.5) is 0 Å². The fourth-order valence-electron chi connectivity index (χ4n) is 3.21. The Morgan fingerprint density at radius 1 is 0.577 bits per heavy atom. The SMILES string of the molecule is [Si]c1ccc([Si](c2ccccn2)(c2ccccn2)c2ccccn2)cn1. The van der Waals surface area contributed by atoms with Gasteiger partial charge in [0, 0.05) is 46.1 Å². The van der Waals surface area contributed by atoms with Crippen LogP contribution in [0.5, 0.6) is 0 Å². The molecule has 0 atom stereocenters. The summed E-state index contributed by atoms with van der Waals surface area (Å²) in [6.07, 6.45) is 7.39. The molecule has 0 saturated carbocycles. The van der Waals surface area contributed by atoms with Gasteiger partial charge in [0.1, 0.15) is 0 Å². The molecular formula is C20H15N4Si2. The molecule has 4 aromatic heterocycles. The second-order valence-corrected chi connectivity index (χ2v) is 9.95. The molecule has 0 fully saturated rings. The van der Waals surface area contributed by atoms with Gasteiger partial charge in [-0.2, -0.15) is 0 Å². The Morgan fingerprint density at radius 2 is 1.08 bits per heavy atom. The van der Waals surface area contributed by atoms with Crippen LogP contribution in [0.25, 0.3) is 0 Å². The molecule has 3 radical (unpaired) electrons. The van der Waals surface area contributed by atoms with Crippen molar-refractivity contribution in [1.29, 1.82) is 0 Å². The second-order valence-electron chi connectivity index (χ2n) is 5.83. The molecule has 0 aromatic carbocycles. The molecule has 4 heterocycles. The molecule has 4 nitrogen and oxygen atoms in total. The van der Waals surface area contributed by atoms with E-state index in [0.29, 0.717) is 0 Å². The topological polar surface area (TPSA) is 51.6 Å². The van der Waals surface area contributed by atoms with Gasteiger partial charge in [0.2, 0.25) is 8.07 Å². The molecule has 0 aliphatic rings. The van der Waals surface area contributed by atoms with Crippen LogP contribution in [0, 0.1) is 0 Å². The standard InChI is InChI=1S/C20H15N4Si2/c25-17-11-10-16(15-24-17)26(18-7-1-4-12-21-18,19-8-2-5-13-22-19)20-9-3-6-14-23-20/h1-15H. The quantitative estimate of drug-likeness (QED) is 0.454. The Bertz CT molecular complexity index is 882. The minimum Gasteiger partial charge on any atom is -0.267 e. The van der Waals surface area contributed by atoms with Crippen molar-refractivity contribution in [3.63, 3.8) is 0 Å².